The molecule has 0 amide bonds. The first-order valence-electron chi connectivity index (χ1n) is 3.35. The summed E-state index contributed by atoms with van der Waals surface area (Å²) in [6, 6.07) is 4.34. The second kappa shape index (κ2) is 5.00. The Balaban J connectivity index is 3.36. The third-order valence-corrected chi connectivity index (χ3v) is 1.05. The van der Waals surface area contributed by atoms with Gasteiger partial charge in [0.15, 0.2) is 17.8 Å². The van der Waals surface area contributed by atoms with E-state index in [1.54, 1.807) is 0 Å². The van der Waals surface area contributed by atoms with E-state index in [2.05, 4.69) is 29.9 Å². The first-order chi connectivity index (χ1) is 7.30. The lowest BCUT2D eigenvalue weighted by molar-refractivity contribution is 1.02. The van der Waals surface area contributed by atoms with Crippen LogP contribution in [-0.2, 0) is 0 Å². The summed E-state index contributed by atoms with van der Waals surface area (Å²) in [6.45, 7) is 0. The van der Waals surface area contributed by atoms with Crippen molar-refractivity contribution in [2.75, 3.05) is 0 Å². The van der Waals surface area contributed by atoms with Gasteiger partial charge in [0.2, 0.25) is 0 Å². The standard InChI is InChI=1S/C6N9/c7-1-10-4-13-5(11-2-8)15-6(14-4)12-3-9/q-3. The smallest absolute Gasteiger partial charge is 0.153 e. The molecule has 0 N–H and O–H groups in total. The average Bonchev–Trinajstić information content (AvgIpc) is 2.19. The van der Waals surface area contributed by atoms with Crippen LogP contribution in [0.5, 0.6) is 0 Å². The van der Waals surface area contributed by atoms with E-state index in [0.717, 1.165) is 0 Å². The molecule has 0 aliphatic carbocycles. The van der Waals surface area contributed by atoms with Crippen LogP contribution in [0.4, 0.5) is 17.8 Å². The zero-order chi connectivity index (χ0) is 11.1. The van der Waals surface area contributed by atoms with Gasteiger partial charge in [0.25, 0.3) is 0 Å². The largest absolute Gasteiger partial charge is 0.422 e. The van der Waals surface area contributed by atoms with Crippen molar-refractivity contribution in [1.82, 2.24) is 15.0 Å². The molecule has 0 aliphatic rings. The fourth-order valence-electron chi connectivity index (χ4n) is 0.627. The molecule has 0 bridgehead atoms. The van der Waals surface area contributed by atoms with Crippen molar-refractivity contribution in [3.63, 3.8) is 0 Å². The average molecular weight is 198 g/mol. The van der Waals surface area contributed by atoms with E-state index < -0.39 is 0 Å². The summed E-state index contributed by atoms with van der Waals surface area (Å²) in [6.07, 6.45) is 0. The van der Waals surface area contributed by atoms with Gasteiger partial charge in [0, 0.05) is 0 Å². The summed E-state index contributed by atoms with van der Waals surface area (Å²) in [7, 11) is 0. The number of hydrogen-bond acceptors (Lipinski definition) is 6. The van der Waals surface area contributed by atoms with Crippen LogP contribution in [-0.4, -0.2) is 33.0 Å². The molecule has 0 fully saturated rings. The van der Waals surface area contributed by atoms with Crippen LogP contribution in [0.2, 0.25) is 0 Å². The Bertz CT molecular complexity index is 425. The highest BCUT2D eigenvalue weighted by Gasteiger charge is 1.91. The summed E-state index contributed by atoms with van der Waals surface area (Å²) in [5, 5.41) is 24.8. The summed E-state index contributed by atoms with van der Waals surface area (Å²) in [5.41, 5.74) is 0. The van der Waals surface area contributed by atoms with Crippen LogP contribution in [0.1, 0.15) is 0 Å². The summed E-state index contributed by atoms with van der Waals surface area (Å²) >= 11 is 0. The fourth-order valence-corrected chi connectivity index (χ4v) is 0.627. The second-order valence-corrected chi connectivity index (χ2v) is 1.87. The van der Waals surface area contributed by atoms with Crippen LogP contribution in [0, 0.1) is 0 Å². The Morgan fingerprint density at radius 1 is 0.667 bits per heavy atom. The van der Waals surface area contributed by atoms with Gasteiger partial charge in [-0.15, -0.1) is 18.0 Å². The zero-order valence-electron chi connectivity index (χ0n) is 7.02. The molecule has 0 spiro atoms. The van der Waals surface area contributed by atoms with Gasteiger partial charge in [0.05, 0.1) is 0 Å². The maximum absolute atomic E-state index is 8.25. The van der Waals surface area contributed by atoms with Gasteiger partial charge >= 0.3 is 0 Å². The molecule has 0 saturated carbocycles. The van der Waals surface area contributed by atoms with E-state index in [-0.39, 0.29) is 17.8 Å². The first kappa shape index (κ1) is 10.2. The second-order valence-electron chi connectivity index (χ2n) is 1.87. The minimum absolute atomic E-state index is 0.254. The van der Waals surface area contributed by atoms with Gasteiger partial charge in [0.1, 0.15) is 0 Å². The number of aliphatic imine (C=N–C) groups is 3. The predicted octanol–water partition coefficient (Wildman–Crippen LogP) is 0.996. The highest BCUT2D eigenvalue weighted by Crippen LogP contribution is 2.14. The molecule has 72 valence electrons. The van der Waals surface area contributed by atoms with Crippen LogP contribution >= 0.6 is 0 Å². The lowest BCUT2D eigenvalue weighted by Crippen LogP contribution is -1.86. The van der Waals surface area contributed by atoms with Crippen LogP contribution in [0.3, 0.4) is 0 Å². The van der Waals surface area contributed by atoms with Crippen LogP contribution < -0.4 is 0 Å². The van der Waals surface area contributed by atoms with Crippen molar-refractivity contribution in [3.05, 3.63) is 16.2 Å². The minimum Gasteiger partial charge on any atom is -0.422 e. The molecule has 0 radical (unpaired) electrons. The van der Waals surface area contributed by atoms with E-state index in [9.17, 15) is 0 Å². The topological polar surface area (TPSA) is 143 Å². The number of hydrogen-bond donors (Lipinski definition) is 0. The normalized spacial score (nSPS) is 8.00. The molecule has 9 nitrogen and oxygen atoms in total. The molecule has 1 heterocycles. The molecule has 15 heavy (non-hydrogen) atoms. The van der Waals surface area contributed by atoms with E-state index >= 15 is 0 Å². The highest BCUT2D eigenvalue weighted by molar-refractivity contribution is 5.55. The Morgan fingerprint density at radius 2 is 0.933 bits per heavy atom. The van der Waals surface area contributed by atoms with E-state index in [1.807, 2.05) is 0 Å². The Hall–Kier alpha value is -2.85. The predicted molar refractivity (Wildman–Crippen MR) is 51.2 cm³/mol. The summed E-state index contributed by atoms with van der Waals surface area (Å²) in [4.78, 5) is 20.2. The SMILES string of the molecule is [N-]=C=Nc1nc(N=C=[N-])nc(N=C=[N-])n1. The van der Waals surface area contributed by atoms with Crippen molar-refractivity contribution >= 4 is 35.9 Å². The van der Waals surface area contributed by atoms with Crippen LogP contribution in [0.25, 0.3) is 16.2 Å². The quantitative estimate of drug-likeness (QED) is 0.667. The van der Waals surface area contributed by atoms with E-state index in [1.165, 1.54) is 18.0 Å². The van der Waals surface area contributed by atoms with Gasteiger partial charge in [-0.2, -0.15) is 0 Å². The lowest BCUT2D eigenvalue weighted by atomic mass is 10.8. The molecular weight excluding hydrogens is 198 g/mol. The van der Waals surface area contributed by atoms with Crippen LogP contribution in [0.15, 0.2) is 15.0 Å². The Morgan fingerprint density at radius 3 is 1.13 bits per heavy atom. The Kier molecular flexibility index (Phi) is 3.41. The molecule has 0 aromatic carbocycles. The van der Waals surface area contributed by atoms with Crippen molar-refractivity contribution in [1.29, 1.82) is 0 Å². The molecule has 1 aromatic heterocycles. The Labute approximate surface area is 82.9 Å². The molecule has 0 atom stereocenters. The number of nitrogens with zero attached hydrogens (tertiary/aromatic N) is 9. The van der Waals surface area contributed by atoms with Crippen molar-refractivity contribution in [2.24, 2.45) is 15.0 Å². The third kappa shape index (κ3) is 2.83. The van der Waals surface area contributed by atoms with Gasteiger partial charge < -0.3 is 31.2 Å². The zero-order valence-corrected chi connectivity index (χ0v) is 7.02. The van der Waals surface area contributed by atoms with Gasteiger partial charge in [-0.3, -0.25) is 0 Å². The van der Waals surface area contributed by atoms with Gasteiger partial charge in [-0.25, -0.2) is 15.0 Å². The molecule has 9 heteroatoms. The fraction of sp³-hybridized carbons (Fsp3) is 0. The molecule has 0 aliphatic heterocycles. The molecular formula is C6N9-3. The molecule has 1 aromatic rings. The van der Waals surface area contributed by atoms with Crippen molar-refractivity contribution < 1.29 is 0 Å². The molecule has 0 saturated heterocycles. The molecule has 1 rings (SSSR count). The maximum Gasteiger partial charge on any atom is 0.153 e. The first-order valence-corrected chi connectivity index (χ1v) is 3.35. The molecule has 0 unspecified atom stereocenters. The number of aromatic nitrogens is 3. The lowest BCUT2D eigenvalue weighted by Gasteiger charge is -2.04. The third-order valence-electron chi connectivity index (χ3n) is 1.05. The highest BCUT2D eigenvalue weighted by atomic mass is 15.2. The maximum atomic E-state index is 8.25. The van der Waals surface area contributed by atoms with Crippen molar-refractivity contribution in [2.45, 2.75) is 0 Å². The van der Waals surface area contributed by atoms with Gasteiger partial charge in [-0.05, 0) is 0 Å². The minimum atomic E-state index is -0.254. The van der Waals surface area contributed by atoms with E-state index in [0.29, 0.717) is 0 Å². The monoisotopic (exact) mass is 198 g/mol. The summed E-state index contributed by atoms with van der Waals surface area (Å²) < 4.78 is 0. The van der Waals surface area contributed by atoms with E-state index in [4.69, 9.17) is 16.2 Å². The van der Waals surface area contributed by atoms with Crippen molar-refractivity contribution in [3.8, 4) is 0 Å². The number of rotatable bonds is 3. The summed E-state index contributed by atoms with van der Waals surface area (Å²) in [5.74, 6) is -0.762. The van der Waals surface area contributed by atoms with Gasteiger partial charge in [-0.1, -0.05) is 0 Å².